The largest absolute Gasteiger partial charge is 0.385 e. The van der Waals surface area contributed by atoms with Gasteiger partial charge in [-0.3, -0.25) is 0 Å². The summed E-state index contributed by atoms with van der Waals surface area (Å²) in [5.41, 5.74) is 8.70. The standard InChI is InChI=1S/C15H19N3O2/c1-19-9-8-13(16)15-17-14(18-20-15)12-7-6-10-4-2-3-5-11(10)12/h2-5,12-13H,6-9,16H2,1H3. The van der Waals surface area contributed by atoms with Crippen molar-refractivity contribution in [2.24, 2.45) is 5.73 Å². The number of methoxy groups -OCH3 is 1. The van der Waals surface area contributed by atoms with Crippen molar-refractivity contribution in [2.75, 3.05) is 13.7 Å². The lowest BCUT2D eigenvalue weighted by Gasteiger charge is -2.06. The van der Waals surface area contributed by atoms with Crippen molar-refractivity contribution in [2.45, 2.75) is 31.2 Å². The number of hydrogen-bond acceptors (Lipinski definition) is 5. The Morgan fingerprint density at radius 2 is 2.30 bits per heavy atom. The molecule has 2 aromatic rings. The van der Waals surface area contributed by atoms with Crippen LogP contribution in [0.5, 0.6) is 0 Å². The van der Waals surface area contributed by atoms with Crippen LogP contribution in [0.3, 0.4) is 0 Å². The molecule has 0 saturated carbocycles. The second kappa shape index (κ2) is 5.73. The van der Waals surface area contributed by atoms with Gasteiger partial charge in [0, 0.05) is 19.6 Å². The fraction of sp³-hybridized carbons (Fsp3) is 0.467. The first-order chi connectivity index (χ1) is 9.79. The zero-order valence-corrected chi connectivity index (χ0v) is 11.6. The van der Waals surface area contributed by atoms with Crippen LogP contribution in [0.25, 0.3) is 0 Å². The summed E-state index contributed by atoms with van der Waals surface area (Å²) in [6.45, 7) is 0.588. The van der Waals surface area contributed by atoms with E-state index in [0.29, 0.717) is 18.9 Å². The minimum atomic E-state index is -0.257. The van der Waals surface area contributed by atoms with E-state index in [1.807, 2.05) is 0 Å². The molecule has 1 aliphatic carbocycles. The maximum atomic E-state index is 6.01. The van der Waals surface area contributed by atoms with Crippen molar-refractivity contribution in [3.63, 3.8) is 0 Å². The highest BCUT2D eigenvalue weighted by Crippen LogP contribution is 2.36. The van der Waals surface area contributed by atoms with Crippen molar-refractivity contribution in [3.8, 4) is 0 Å². The number of nitrogens with two attached hydrogens (primary N) is 1. The molecule has 1 heterocycles. The summed E-state index contributed by atoms with van der Waals surface area (Å²) in [4.78, 5) is 4.49. The number of benzene rings is 1. The second-order valence-corrected chi connectivity index (χ2v) is 5.17. The first-order valence-corrected chi connectivity index (χ1v) is 6.95. The van der Waals surface area contributed by atoms with Crippen LogP contribution < -0.4 is 5.73 Å². The normalized spacial score (nSPS) is 19.0. The van der Waals surface area contributed by atoms with E-state index in [1.165, 1.54) is 11.1 Å². The fourth-order valence-corrected chi connectivity index (χ4v) is 2.73. The monoisotopic (exact) mass is 273 g/mol. The van der Waals surface area contributed by atoms with Gasteiger partial charge in [-0.2, -0.15) is 4.98 Å². The third-order valence-corrected chi connectivity index (χ3v) is 3.85. The van der Waals surface area contributed by atoms with E-state index in [2.05, 4.69) is 34.4 Å². The summed E-state index contributed by atoms with van der Waals surface area (Å²) in [5.74, 6) is 1.48. The van der Waals surface area contributed by atoms with Crippen molar-refractivity contribution in [1.82, 2.24) is 10.1 Å². The predicted molar refractivity (Wildman–Crippen MR) is 74.3 cm³/mol. The van der Waals surface area contributed by atoms with E-state index in [1.54, 1.807) is 7.11 Å². The molecule has 2 N–H and O–H groups in total. The van der Waals surface area contributed by atoms with Crippen molar-refractivity contribution in [1.29, 1.82) is 0 Å². The summed E-state index contributed by atoms with van der Waals surface area (Å²) in [7, 11) is 1.65. The topological polar surface area (TPSA) is 74.2 Å². The summed E-state index contributed by atoms with van der Waals surface area (Å²) in [6, 6.07) is 8.19. The second-order valence-electron chi connectivity index (χ2n) is 5.17. The minimum Gasteiger partial charge on any atom is -0.385 e. The SMILES string of the molecule is COCCC(N)c1nc(C2CCc3ccccc32)no1. The number of rotatable bonds is 5. The third kappa shape index (κ3) is 2.46. The van der Waals surface area contributed by atoms with Crippen LogP contribution in [-0.4, -0.2) is 23.9 Å². The van der Waals surface area contributed by atoms with Gasteiger partial charge >= 0.3 is 0 Å². The van der Waals surface area contributed by atoms with E-state index in [0.717, 1.165) is 18.7 Å². The van der Waals surface area contributed by atoms with E-state index in [-0.39, 0.29) is 12.0 Å². The summed E-state index contributed by atoms with van der Waals surface area (Å²) in [6.07, 6.45) is 2.78. The molecule has 5 nitrogen and oxygen atoms in total. The third-order valence-electron chi connectivity index (χ3n) is 3.85. The number of fused-ring (bicyclic) bond motifs is 1. The van der Waals surface area contributed by atoms with Gasteiger partial charge < -0.3 is 15.0 Å². The molecule has 3 rings (SSSR count). The van der Waals surface area contributed by atoms with Gasteiger partial charge in [-0.15, -0.1) is 0 Å². The Kier molecular flexibility index (Phi) is 3.80. The van der Waals surface area contributed by atoms with Crippen LogP contribution in [0.2, 0.25) is 0 Å². The maximum absolute atomic E-state index is 6.01. The first kappa shape index (κ1) is 13.3. The van der Waals surface area contributed by atoms with Gasteiger partial charge in [-0.25, -0.2) is 0 Å². The Morgan fingerprint density at radius 3 is 3.15 bits per heavy atom. The van der Waals surface area contributed by atoms with Crippen LogP contribution in [0, 0.1) is 0 Å². The smallest absolute Gasteiger partial charge is 0.243 e. The van der Waals surface area contributed by atoms with E-state index < -0.39 is 0 Å². The molecule has 0 fully saturated rings. The van der Waals surface area contributed by atoms with E-state index in [9.17, 15) is 0 Å². The van der Waals surface area contributed by atoms with Crippen molar-refractivity contribution < 1.29 is 9.26 Å². The molecule has 0 bridgehead atoms. The van der Waals surface area contributed by atoms with Gasteiger partial charge in [-0.1, -0.05) is 29.4 Å². The highest BCUT2D eigenvalue weighted by Gasteiger charge is 2.28. The van der Waals surface area contributed by atoms with Gasteiger partial charge in [0.15, 0.2) is 5.82 Å². The molecule has 1 aromatic heterocycles. The zero-order chi connectivity index (χ0) is 13.9. The van der Waals surface area contributed by atoms with Crippen LogP contribution in [0.4, 0.5) is 0 Å². The lowest BCUT2D eigenvalue weighted by molar-refractivity contribution is 0.182. The van der Waals surface area contributed by atoms with E-state index in [4.69, 9.17) is 15.0 Å². The molecule has 106 valence electrons. The van der Waals surface area contributed by atoms with Gasteiger partial charge in [-0.05, 0) is 30.4 Å². The summed E-state index contributed by atoms with van der Waals surface area (Å²) in [5, 5.41) is 4.12. The van der Waals surface area contributed by atoms with Gasteiger partial charge in [0.05, 0.1) is 6.04 Å². The fourth-order valence-electron chi connectivity index (χ4n) is 2.73. The lowest BCUT2D eigenvalue weighted by atomic mass is 10.0. The molecular formula is C15H19N3O2. The number of ether oxygens (including phenoxy) is 1. The molecule has 20 heavy (non-hydrogen) atoms. The average Bonchev–Trinajstić information content (AvgIpc) is 3.10. The molecule has 0 saturated heterocycles. The molecule has 5 heteroatoms. The quantitative estimate of drug-likeness (QED) is 0.903. The van der Waals surface area contributed by atoms with Gasteiger partial charge in [0.25, 0.3) is 0 Å². The molecular weight excluding hydrogens is 254 g/mol. The van der Waals surface area contributed by atoms with Crippen LogP contribution in [-0.2, 0) is 11.2 Å². The highest BCUT2D eigenvalue weighted by atomic mass is 16.5. The Morgan fingerprint density at radius 1 is 1.45 bits per heavy atom. The van der Waals surface area contributed by atoms with Crippen LogP contribution >= 0.6 is 0 Å². The molecule has 0 radical (unpaired) electrons. The number of aromatic nitrogens is 2. The molecule has 0 aliphatic heterocycles. The Hall–Kier alpha value is -1.72. The first-order valence-electron chi connectivity index (χ1n) is 6.95. The number of hydrogen-bond donors (Lipinski definition) is 1. The molecule has 2 atom stereocenters. The average molecular weight is 273 g/mol. The number of aryl methyl sites for hydroxylation is 1. The van der Waals surface area contributed by atoms with Crippen LogP contribution in [0.1, 0.15) is 47.6 Å². The molecule has 0 spiro atoms. The van der Waals surface area contributed by atoms with E-state index >= 15 is 0 Å². The summed E-state index contributed by atoms with van der Waals surface area (Å²) < 4.78 is 10.3. The predicted octanol–water partition coefficient (Wildman–Crippen LogP) is 2.18. The molecule has 2 unspecified atom stereocenters. The van der Waals surface area contributed by atoms with Crippen LogP contribution in [0.15, 0.2) is 28.8 Å². The Bertz CT molecular complexity index is 582. The zero-order valence-electron chi connectivity index (χ0n) is 11.6. The molecule has 1 aromatic carbocycles. The Labute approximate surface area is 118 Å². The number of nitrogens with zero attached hydrogens (tertiary/aromatic N) is 2. The molecule has 1 aliphatic rings. The molecule has 0 amide bonds. The summed E-state index contributed by atoms with van der Waals surface area (Å²) >= 11 is 0. The van der Waals surface area contributed by atoms with Gasteiger partial charge in [0.1, 0.15) is 0 Å². The van der Waals surface area contributed by atoms with Gasteiger partial charge in [0.2, 0.25) is 5.89 Å². The van der Waals surface area contributed by atoms with Crippen molar-refractivity contribution >= 4 is 0 Å². The Balaban J connectivity index is 1.78. The minimum absolute atomic E-state index is 0.235. The highest BCUT2D eigenvalue weighted by molar-refractivity contribution is 5.38. The maximum Gasteiger partial charge on any atom is 0.243 e. The lowest BCUT2D eigenvalue weighted by Crippen LogP contribution is -2.13. The van der Waals surface area contributed by atoms with Crippen molar-refractivity contribution in [3.05, 3.63) is 47.1 Å².